The maximum Gasteiger partial charge on any atom is 0.0703 e. The molecule has 16 heavy (non-hydrogen) atoms. The maximum atomic E-state index is 10.0. The van der Waals surface area contributed by atoms with Crippen LogP contribution in [0, 0.1) is 0 Å². The summed E-state index contributed by atoms with van der Waals surface area (Å²) in [5.74, 6) is 0. The van der Waals surface area contributed by atoms with E-state index in [9.17, 15) is 5.11 Å². The van der Waals surface area contributed by atoms with E-state index in [1.54, 1.807) is 13.3 Å². The second kappa shape index (κ2) is 4.93. The van der Waals surface area contributed by atoms with E-state index >= 15 is 0 Å². The zero-order chi connectivity index (χ0) is 11.4. The fourth-order valence-corrected chi connectivity index (χ4v) is 2.36. The molecule has 0 bridgehead atoms. The van der Waals surface area contributed by atoms with Crippen LogP contribution >= 0.6 is 0 Å². The molecule has 1 unspecified atom stereocenters. The molecule has 0 aromatic carbocycles. The second-order valence-electron chi connectivity index (χ2n) is 4.66. The molecule has 2 rings (SSSR count). The first kappa shape index (κ1) is 11.6. The van der Waals surface area contributed by atoms with Gasteiger partial charge >= 0.3 is 0 Å². The van der Waals surface area contributed by atoms with Crippen molar-refractivity contribution in [2.45, 2.75) is 43.8 Å². The molecule has 3 nitrogen and oxygen atoms in total. The Morgan fingerprint density at radius 2 is 2.38 bits per heavy atom. The standard InChI is InChI=1S/C13H19NO2/c1-16-13(5-3-6-13)9-12(15)8-11-4-2-7-14-10-11/h2,4,7,10,12,15H,3,5-6,8-9H2,1H3. The number of methoxy groups -OCH3 is 1. The highest BCUT2D eigenvalue weighted by Crippen LogP contribution is 2.39. The molecule has 0 aliphatic heterocycles. The molecule has 0 amide bonds. The Hall–Kier alpha value is -0.930. The minimum absolute atomic E-state index is 0.0539. The van der Waals surface area contributed by atoms with E-state index in [0.29, 0.717) is 6.42 Å². The summed E-state index contributed by atoms with van der Waals surface area (Å²) < 4.78 is 5.51. The number of aromatic nitrogens is 1. The first-order chi connectivity index (χ1) is 7.74. The molecule has 1 aromatic rings. The Morgan fingerprint density at radius 3 is 2.88 bits per heavy atom. The second-order valence-corrected chi connectivity index (χ2v) is 4.66. The van der Waals surface area contributed by atoms with Gasteiger partial charge in [0.2, 0.25) is 0 Å². The molecular formula is C13H19NO2. The normalized spacial score (nSPS) is 20.1. The quantitative estimate of drug-likeness (QED) is 0.826. The smallest absolute Gasteiger partial charge is 0.0703 e. The molecule has 1 aliphatic carbocycles. The van der Waals surface area contributed by atoms with Crippen molar-refractivity contribution >= 4 is 0 Å². The van der Waals surface area contributed by atoms with Crippen molar-refractivity contribution in [1.82, 2.24) is 4.98 Å². The Balaban J connectivity index is 1.87. The lowest BCUT2D eigenvalue weighted by Crippen LogP contribution is -2.42. The van der Waals surface area contributed by atoms with E-state index < -0.39 is 0 Å². The summed E-state index contributed by atoms with van der Waals surface area (Å²) in [7, 11) is 1.75. The van der Waals surface area contributed by atoms with Crippen LogP contribution in [0.2, 0.25) is 0 Å². The minimum atomic E-state index is -0.329. The molecule has 1 aliphatic rings. The van der Waals surface area contributed by atoms with Crippen LogP contribution in [-0.2, 0) is 11.2 Å². The maximum absolute atomic E-state index is 10.0. The van der Waals surface area contributed by atoms with Crippen LogP contribution in [0.3, 0.4) is 0 Å². The third kappa shape index (κ3) is 2.60. The van der Waals surface area contributed by atoms with Crippen LogP contribution in [0.1, 0.15) is 31.2 Å². The minimum Gasteiger partial charge on any atom is -0.393 e. The molecule has 1 atom stereocenters. The number of hydrogen-bond donors (Lipinski definition) is 1. The highest BCUT2D eigenvalue weighted by atomic mass is 16.5. The third-order valence-corrected chi connectivity index (χ3v) is 3.50. The predicted octanol–water partition coefficient (Wildman–Crippen LogP) is 1.94. The van der Waals surface area contributed by atoms with Gasteiger partial charge in [-0.1, -0.05) is 6.07 Å². The van der Waals surface area contributed by atoms with Gasteiger partial charge in [0.1, 0.15) is 0 Å². The van der Waals surface area contributed by atoms with Crippen LogP contribution in [0.15, 0.2) is 24.5 Å². The summed E-state index contributed by atoms with van der Waals surface area (Å²) >= 11 is 0. The van der Waals surface area contributed by atoms with Crippen molar-refractivity contribution in [3.63, 3.8) is 0 Å². The SMILES string of the molecule is COC1(CC(O)Cc2cccnc2)CCC1. The largest absolute Gasteiger partial charge is 0.393 e. The molecule has 0 spiro atoms. The molecule has 88 valence electrons. The average molecular weight is 221 g/mol. The van der Waals surface area contributed by atoms with E-state index in [1.807, 2.05) is 18.3 Å². The highest BCUT2D eigenvalue weighted by molar-refractivity contribution is 5.10. The summed E-state index contributed by atoms with van der Waals surface area (Å²) in [6, 6.07) is 3.90. The first-order valence-electron chi connectivity index (χ1n) is 5.86. The number of rotatable bonds is 5. The van der Waals surface area contributed by atoms with Crippen molar-refractivity contribution in [2.24, 2.45) is 0 Å². The summed E-state index contributed by atoms with van der Waals surface area (Å²) in [4.78, 5) is 4.05. The van der Waals surface area contributed by atoms with Crippen molar-refractivity contribution in [3.05, 3.63) is 30.1 Å². The van der Waals surface area contributed by atoms with Gasteiger partial charge in [-0.2, -0.15) is 0 Å². The average Bonchev–Trinajstić information content (AvgIpc) is 2.25. The van der Waals surface area contributed by atoms with Gasteiger partial charge in [-0.25, -0.2) is 0 Å². The van der Waals surface area contributed by atoms with Crippen LogP contribution < -0.4 is 0 Å². The molecule has 0 radical (unpaired) electrons. The molecule has 1 aromatic heterocycles. The van der Waals surface area contributed by atoms with Gasteiger partial charge in [0.05, 0.1) is 11.7 Å². The van der Waals surface area contributed by atoms with Crippen molar-refractivity contribution < 1.29 is 9.84 Å². The number of hydrogen-bond acceptors (Lipinski definition) is 3. The Labute approximate surface area is 96.5 Å². The summed E-state index contributed by atoms with van der Waals surface area (Å²) in [5, 5.41) is 10.0. The fourth-order valence-electron chi connectivity index (χ4n) is 2.36. The van der Waals surface area contributed by atoms with Crippen LogP contribution in [0.4, 0.5) is 0 Å². The zero-order valence-electron chi connectivity index (χ0n) is 9.72. The topological polar surface area (TPSA) is 42.4 Å². The molecule has 3 heteroatoms. The lowest BCUT2D eigenvalue weighted by atomic mass is 9.75. The highest BCUT2D eigenvalue weighted by Gasteiger charge is 2.38. The number of pyridine rings is 1. The van der Waals surface area contributed by atoms with Gasteiger partial charge in [-0.15, -0.1) is 0 Å². The van der Waals surface area contributed by atoms with Crippen molar-refractivity contribution in [3.8, 4) is 0 Å². The van der Waals surface area contributed by atoms with Gasteiger partial charge in [0.15, 0.2) is 0 Å². The lowest BCUT2D eigenvalue weighted by Gasteiger charge is -2.41. The van der Waals surface area contributed by atoms with Crippen LogP contribution in [0.25, 0.3) is 0 Å². The lowest BCUT2D eigenvalue weighted by molar-refractivity contribution is -0.0989. The monoisotopic (exact) mass is 221 g/mol. The third-order valence-electron chi connectivity index (χ3n) is 3.50. The predicted molar refractivity (Wildman–Crippen MR) is 62.2 cm³/mol. The van der Waals surface area contributed by atoms with Crippen LogP contribution in [0.5, 0.6) is 0 Å². The number of ether oxygens (including phenoxy) is 1. The molecular weight excluding hydrogens is 202 g/mol. The van der Waals surface area contributed by atoms with E-state index in [4.69, 9.17) is 4.74 Å². The van der Waals surface area contributed by atoms with Gasteiger partial charge in [0, 0.05) is 25.9 Å². The Kier molecular flexibility index (Phi) is 3.56. The van der Waals surface area contributed by atoms with Gasteiger partial charge in [-0.05, 0) is 37.3 Å². The first-order valence-corrected chi connectivity index (χ1v) is 5.86. The summed E-state index contributed by atoms with van der Waals surface area (Å²) in [5.41, 5.74) is 1.03. The van der Waals surface area contributed by atoms with Gasteiger partial charge in [-0.3, -0.25) is 4.98 Å². The summed E-state index contributed by atoms with van der Waals surface area (Å²) in [6.45, 7) is 0. The van der Waals surface area contributed by atoms with E-state index in [2.05, 4.69) is 4.98 Å². The summed E-state index contributed by atoms with van der Waals surface area (Å²) in [6.07, 6.45) is 8.00. The number of nitrogens with zero attached hydrogens (tertiary/aromatic N) is 1. The molecule has 1 N–H and O–H groups in total. The Bertz CT molecular complexity index is 316. The number of aliphatic hydroxyl groups excluding tert-OH is 1. The Morgan fingerprint density at radius 1 is 1.56 bits per heavy atom. The fraction of sp³-hybridized carbons (Fsp3) is 0.615. The molecule has 0 saturated heterocycles. The number of aliphatic hydroxyl groups is 1. The van der Waals surface area contributed by atoms with E-state index in [1.165, 1.54) is 6.42 Å². The molecule has 1 heterocycles. The van der Waals surface area contributed by atoms with E-state index in [0.717, 1.165) is 24.8 Å². The van der Waals surface area contributed by atoms with Crippen molar-refractivity contribution in [1.29, 1.82) is 0 Å². The van der Waals surface area contributed by atoms with Crippen LogP contribution in [-0.4, -0.2) is 28.9 Å². The van der Waals surface area contributed by atoms with Gasteiger partial charge < -0.3 is 9.84 Å². The van der Waals surface area contributed by atoms with E-state index in [-0.39, 0.29) is 11.7 Å². The molecule has 1 saturated carbocycles. The van der Waals surface area contributed by atoms with Crippen molar-refractivity contribution in [2.75, 3.05) is 7.11 Å². The van der Waals surface area contributed by atoms with Gasteiger partial charge in [0.25, 0.3) is 0 Å². The molecule has 1 fully saturated rings. The zero-order valence-corrected chi connectivity index (χ0v) is 9.72.